The molecule has 0 saturated carbocycles. The predicted octanol–water partition coefficient (Wildman–Crippen LogP) is 2.19. The molecule has 1 N–H and O–H groups in total. The number of unbranched alkanes of at least 4 members (excludes halogenated alkanes) is 2. The maximum atomic E-state index is 11.7. The lowest BCUT2D eigenvalue weighted by molar-refractivity contribution is -0.134. The first-order chi connectivity index (χ1) is 8.47. The number of carbonyl (C=O) groups is 2. The summed E-state index contributed by atoms with van der Waals surface area (Å²) >= 11 is 0. The Morgan fingerprint density at radius 3 is 2.39 bits per heavy atom. The van der Waals surface area contributed by atoms with E-state index < -0.39 is 0 Å². The number of rotatable bonds is 9. The van der Waals surface area contributed by atoms with Crippen LogP contribution < -0.4 is 5.32 Å². The molecule has 0 bridgehead atoms. The highest BCUT2D eigenvalue weighted by Crippen LogP contribution is 1.99. The molecule has 0 aliphatic heterocycles. The minimum Gasteiger partial charge on any atom is -0.355 e. The molecule has 0 heterocycles. The van der Waals surface area contributed by atoms with Crippen LogP contribution >= 0.6 is 0 Å². The van der Waals surface area contributed by atoms with Crippen molar-refractivity contribution in [1.82, 2.24) is 10.2 Å². The standard InChI is InChI=1S/C14H28N2O2/c1-5-6-7-10-16(13(4)17)11-14(18)15-9-8-12(2)3/h12H,5-11H2,1-4H3,(H,15,18). The van der Waals surface area contributed by atoms with Gasteiger partial charge in [0.1, 0.15) is 0 Å². The molecule has 2 amide bonds. The number of nitrogens with one attached hydrogen (secondary N) is 1. The van der Waals surface area contributed by atoms with Crippen molar-refractivity contribution in [2.24, 2.45) is 5.92 Å². The maximum absolute atomic E-state index is 11.7. The number of carbonyl (C=O) groups excluding carboxylic acids is 2. The molecule has 0 rings (SSSR count). The van der Waals surface area contributed by atoms with E-state index in [9.17, 15) is 9.59 Å². The largest absolute Gasteiger partial charge is 0.355 e. The van der Waals surface area contributed by atoms with Gasteiger partial charge in [0.25, 0.3) is 0 Å². The fourth-order valence-electron chi connectivity index (χ4n) is 1.63. The molecule has 0 spiro atoms. The van der Waals surface area contributed by atoms with Gasteiger partial charge in [-0.25, -0.2) is 0 Å². The van der Waals surface area contributed by atoms with Crippen molar-refractivity contribution in [3.05, 3.63) is 0 Å². The zero-order chi connectivity index (χ0) is 14.0. The van der Waals surface area contributed by atoms with Gasteiger partial charge >= 0.3 is 0 Å². The van der Waals surface area contributed by atoms with E-state index in [0.717, 1.165) is 25.7 Å². The van der Waals surface area contributed by atoms with Crippen LogP contribution in [0.1, 0.15) is 53.4 Å². The molecule has 0 aliphatic rings. The predicted molar refractivity (Wildman–Crippen MR) is 74.2 cm³/mol. The van der Waals surface area contributed by atoms with E-state index in [1.165, 1.54) is 6.92 Å². The van der Waals surface area contributed by atoms with Gasteiger partial charge in [-0.1, -0.05) is 33.6 Å². The second-order valence-electron chi connectivity index (χ2n) is 5.18. The SMILES string of the molecule is CCCCCN(CC(=O)NCCC(C)C)C(C)=O. The minimum absolute atomic E-state index is 0.0230. The summed E-state index contributed by atoms with van der Waals surface area (Å²) < 4.78 is 0. The van der Waals surface area contributed by atoms with E-state index in [2.05, 4.69) is 26.1 Å². The first-order valence-corrected chi connectivity index (χ1v) is 6.99. The van der Waals surface area contributed by atoms with Gasteiger partial charge in [-0.05, 0) is 18.8 Å². The summed E-state index contributed by atoms with van der Waals surface area (Å²) in [7, 11) is 0. The topological polar surface area (TPSA) is 49.4 Å². The summed E-state index contributed by atoms with van der Waals surface area (Å²) in [6.07, 6.45) is 4.15. The van der Waals surface area contributed by atoms with Crippen molar-refractivity contribution in [3.63, 3.8) is 0 Å². The lowest BCUT2D eigenvalue weighted by Gasteiger charge is -2.20. The van der Waals surface area contributed by atoms with Crippen LogP contribution in [0, 0.1) is 5.92 Å². The molecule has 0 fully saturated rings. The zero-order valence-electron chi connectivity index (χ0n) is 12.3. The van der Waals surface area contributed by atoms with Crippen LogP contribution in [0.4, 0.5) is 0 Å². The van der Waals surface area contributed by atoms with Gasteiger partial charge in [0, 0.05) is 20.0 Å². The summed E-state index contributed by atoms with van der Waals surface area (Å²) in [5.41, 5.74) is 0. The minimum atomic E-state index is -0.0534. The zero-order valence-corrected chi connectivity index (χ0v) is 12.3. The molecule has 0 aromatic rings. The van der Waals surface area contributed by atoms with Gasteiger partial charge in [0.05, 0.1) is 6.54 Å². The van der Waals surface area contributed by atoms with Crippen molar-refractivity contribution < 1.29 is 9.59 Å². The Balaban J connectivity index is 3.92. The molecular weight excluding hydrogens is 228 g/mol. The maximum Gasteiger partial charge on any atom is 0.239 e. The highest BCUT2D eigenvalue weighted by molar-refractivity contribution is 5.83. The van der Waals surface area contributed by atoms with E-state index in [1.54, 1.807) is 4.90 Å². The Morgan fingerprint density at radius 2 is 1.89 bits per heavy atom. The van der Waals surface area contributed by atoms with Crippen LogP contribution in [-0.4, -0.2) is 36.3 Å². The second-order valence-corrected chi connectivity index (χ2v) is 5.18. The molecule has 0 aromatic heterocycles. The Hall–Kier alpha value is -1.06. The third-order valence-corrected chi connectivity index (χ3v) is 2.86. The van der Waals surface area contributed by atoms with Crippen molar-refractivity contribution >= 4 is 11.8 Å². The van der Waals surface area contributed by atoms with Crippen molar-refractivity contribution in [2.75, 3.05) is 19.6 Å². The number of nitrogens with zero attached hydrogens (tertiary/aromatic N) is 1. The van der Waals surface area contributed by atoms with Crippen molar-refractivity contribution in [2.45, 2.75) is 53.4 Å². The van der Waals surface area contributed by atoms with E-state index in [1.807, 2.05) is 0 Å². The third-order valence-electron chi connectivity index (χ3n) is 2.86. The average Bonchev–Trinajstić information content (AvgIpc) is 2.27. The quantitative estimate of drug-likeness (QED) is 0.643. The summed E-state index contributed by atoms with van der Waals surface area (Å²) in [6.45, 7) is 9.46. The number of amides is 2. The summed E-state index contributed by atoms with van der Waals surface area (Å²) in [6, 6.07) is 0. The van der Waals surface area contributed by atoms with Crippen LogP contribution in [0.5, 0.6) is 0 Å². The molecular formula is C14H28N2O2. The van der Waals surface area contributed by atoms with Gasteiger partial charge in [0.2, 0.25) is 11.8 Å². The fourth-order valence-corrected chi connectivity index (χ4v) is 1.63. The average molecular weight is 256 g/mol. The van der Waals surface area contributed by atoms with Crippen LogP contribution in [-0.2, 0) is 9.59 Å². The van der Waals surface area contributed by atoms with Gasteiger partial charge in [-0.15, -0.1) is 0 Å². The first-order valence-electron chi connectivity index (χ1n) is 6.99. The molecule has 0 aliphatic carbocycles. The van der Waals surface area contributed by atoms with Crippen molar-refractivity contribution in [3.8, 4) is 0 Å². The monoisotopic (exact) mass is 256 g/mol. The highest BCUT2D eigenvalue weighted by atomic mass is 16.2. The molecule has 0 atom stereocenters. The molecule has 4 nitrogen and oxygen atoms in total. The Labute approximate surface area is 111 Å². The van der Waals surface area contributed by atoms with Crippen LogP contribution in [0.15, 0.2) is 0 Å². The molecule has 0 aromatic carbocycles. The third kappa shape index (κ3) is 9.02. The van der Waals surface area contributed by atoms with E-state index in [0.29, 0.717) is 19.0 Å². The summed E-state index contributed by atoms with van der Waals surface area (Å²) in [5.74, 6) is 0.506. The molecule has 0 saturated heterocycles. The summed E-state index contributed by atoms with van der Waals surface area (Å²) in [5, 5.41) is 2.86. The molecule has 106 valence electrons. The van der Waals surface area contributed by atoms with Crippen LogP contribution in [0.2, 0.25) is 0 Å². The second kappa shape index (κ2) is 9.92. The molecule has 0 radical (unpaired) electrons. The normalized spacial score (nSPS) is 10.5. The van der Waals surface area contributed by atoms with E-state index in [-0.39, 0.29) is 18.4 Å². The molecule has 4 heteroatoms. The number of hydrogen-bond donors (Lipinski definition) is 1. The first kappa shape index (κ1) is 16.9. The van der Waals surface area contributed by atoms with Gasteiger partial charge in [-0.3, -0.25) is 9.59 Å². The molecule has 18 heavy (non-hydrogen) atoms. The Bertz CT molecular complexity index is 252. The van der Waals surface area contributed by atoms with Gasteiger partial charge in [0.15, 0.2) is 0 Å². The fraction of sp³-hybridized carbons (Fsp3) is 0.857. The molecule has 0 unspecified atom stereocenters. The van der Waals surface area contributed by atoms with Gasteiger partial charge in [-0.2, -0.15) is 0 Å². The highest BCUT2D eigenvalue weighted by Gasteiger charge is 2.12. The Kier molecular flexibility index (Phi) is 9.33. The van der Waals surface area contributed by atoms with Crippen LogP contribution in [0.3, 0.4) is 0 Å². The lowest BCUT2D eigenvalue weighted by Crippen LogP contribution is -2.40. The van der Waals surface area contributed by atoms with Crippen molar-refractivity contribution in [1.29, 1.82) is 0 Å². The number of hydrogen-bond acceptors (Lipinski definition) is 2. The van der Waals surface area contributed by atoms with E-state index >= 15 is 0 Å². The van der Waals surface area contributed by atoms with E-state index in [4.69, 9.17) is 0 Å². The summed E-state index contributed by atoms with van der Waals surface area (Å²) in [4.78, 5) is 24.7. The smallest absolute Gasteiger partial charge is 0.239 e. The van der Waals surface area contributed by atoms with Gasteiger partial charge < -0.3 is 10.2 Å². The van der Waals surface area contributed by atoms with Crippen LogP contribution in [0.25, 0.3) is 0 Å². The Morgan fingerprint density at radius 1 is 1.22 bits per heavy atom. The lowest BCUT2D eigenvalue weighted by atomic mass is 10.1.